The maximum atomic E-state index is 13.5. The summed E-state index contributed by atoms with van der Waals surface area (Å²) in [5.74, 6) is -1.69. The second-order valence-electron chi connectivity index (χ2n) is 10.8. The number of rotatable bonds is 11. The third-order valence-corrected chi connectivity index (χ3v) is 9.16. The molecule has 0 saturated carbocycles. The fraction of sp³-hybridized carbons (Fsp3) is 0.105. The molecule has 0 atom stereocenters. The summed E-state index contributed by atoms with van der Waals surface area (Å²) in [5, 5.41) is 10.7. The van der Waals surface area contributed by atoms with Crippen LogP contribution in [0.4, 0.5) is 10.7 Å². The molecule has 0 spiro atoms. The standard InChI is InChI=1S/C38H33N3O5S2/c1-24-16-18-26(19-17-24)31-22-48-37(34(31)38(45)46-3)41-33(42)23-47-30-15-9-14-29(21-30)39-36(44)32(20-28-13-8-7-10-25(28)2)40-35(43)27-11-5-4-6-12-27/h4-22H,23H2,1-3H3,(H,39,44)(H,40,43)(H,41,42)/b32-20-. The smallest absolute Gasteiger partial charge is 0.341 e. The zero-order valence-electron chi connectivity index (χ0n) is 26.5. The van der Waals surface area contributed by atoms with Crippen molar-refractivity contribution in [3.63, 3.8) is 0 Å². The zero-order valence-corrected chi connectivity index (χ0v) is 28.2. The van der Waals surface area contributed by atoms with Crippen molar-refractivity contribution in [2.24, 2.45) is 0 Å². The minimum absolute atomic E-state index is 0.0569. The Morgan fingerprint density at radius 3 is 2.29 bits per heavy atom. The van der Waals surface area contributed by atoms with Gasteiger partial charge in [-0.2, -0.15) is 0 Å². The molecular formula is C38H33N3O5S2. The summed E-state index contributed by atoms with van der Waals surface area (Å²) in [6.45, 7) is 3.91. The topological polar surface area (TPSA) is 114 Å². The zero-order chi connectivity index (χ0) is 34.0. The predicted octanol–water partition coefficient (Wildman–Crippen LogP) is 7.96. The summed E-state index contributed by atoms with van der Waals surface area (Å²) in [6, 6.07) is 31.1. The van der Waals surface area contributed by atoms with Gasteiger partial charge in [0.15, 0.2) is 0 Å². The number of methoxy groups -OCH3 is 1. The summed E-state index contributed by atoms with van der Waals surface area (Å²) >= 11 is 2.54. The molecule has 3 amide bonds. The van der Waals surface area contributed by atoms with E-state index in [0.717, 1.165) is 27.1 Å². The van der Waals surface area contributed by atoms with Gasteiger partial charge in [0.25, 0.3) is 11.8 Å². The van der Waals surface area contributed by atoms with E-state index >= 15 is 0 Å². The van der Waals surface area contributed by atoms with Gasteiger partial charge >= 0.3 is 5.97 Å². The number of thiophene rings is 1. The lowest BCUT2D eigenvalue weighted by Gasteiger charge is -2.13. The fourth-order valence-electron chi connectivity index (χ4n) is 4.72. The van der Waals surface area contributed by atoms with Gasteiger partial charge in [0.05, 0.1) is 12.9 Å². The van der Waals surface area contributed by atoms with E-state index in [1.54, 1.807) is 48.5 Å². The van der Waals surface area contributed by atoms with Crippen molar-refractivity contribution in [3.05, 3.63) is 142 Å². The molecule has 0 aliphatic rings. The van der Waals surface area contributed by atoms with Crippen LogP contribution in [0.3, 0.4) is 0 Å². The molecule has 1 aromatic heterocycles. The number of hydrogen-bond donors (Lipinski definition) is 3. The van der Waals surface area contributed by atoms with Gasteiger partial charge in [-0.1, -0.05) is 78.4 Å². The van der Waals surface area contributed by atoms with Crippen molar-refractivity contribution < 1.29 is 23.9 Å². The molecule has 5 rings (SSSR count). The van der Waals surface area contributed by atoms with Gasteiger partial charge in [-0.3, -0.25) is 14.4 Å². The normalized spacial score (nSPS) is 11.0. The molecule has 5 aromatic rings. The summed E-state index contributed by atoms with van der Waals surface area (Å²) in [5.41, 5.74) is 5.67. The van der Waals surface area contributed by atoms with Gasteiger partial charge in [0, 0.05) is 27.1 Å². The molecule has 3 N–H and O–H groups in total. The van der Waals surface area contributed by atoms with Crippen molar-refractivity contribution >= 4 is 63.6 Å². The number of benzene rings is 4. The van der Waals surface area contributed by atoms with Crippen molar-refractivity contribution in [1.29, 1.82) is 0 Å². The van der Waals surface area contributed by atoms with Gasteiger partial charge in [-0.25, -0.2) is 4.79 Å². The van der Waals surface area contributed by atoms with Crippen LogP contribution >= 0.6 is 23.1 Å². The van der Waals surface area contributed by atoms with Crippen LogP contribution in [0.2, 0.25) is 0 Å². The second kappa shape index (κ2) is 15.9. The third-order valence-electron chi connectivity index (χ3n) is 7.28. The first-order valence-corrected chi connectivity index (χ1v) is 16.8. The number of amides is 3. The Morgan fingerprint density at radius 1 is 0.833 bits per heavy atom. The highest BCUT2D eigenvalue weighted by atomic mass is 32.2. The molecule has 0 bridgehead atoms. The van der Waals surface area contributed by atoms with Crippen LogP contribution in [0.15, 0.2) is 119 Å². The van der Waals surface area contributed by atoms with Crippen molar-refractivity contribution in [3.8, 4) is 11.1 Å². The number of esters is 1. The quantitative estimate of drug-likeness (QED) is 0.0744. The molecule has 242 valence electrons. The maximum absolute atomic E-state index is 13.5. The van der Waals surface area contributed by atoms with Crippen molar-refractivity contribution in [2.75, 3.05) is 23.5 Å². The second-order valence-corrected chi connectivity index (χ2v) is 12.7. The van der Waals surface area contributed by atoms with E-state index in [4.69, 9.17) is 4.74 Å². The number of carbonyl (C=O) groups excluding carboxylic acids is 4. The monoisotopic (exact) mass is 675 g/mol. The molecular weight excluding hydrogens is 643 g/mol. The molecule has 48 heavy (non-hydrogen) atoms. The Hall–Kier alpha value is -5.45. The van der Waals surface area contributed by atoms with Gasteiger partial charge in [-0.15, -0.1) is 23.1 Å². The van der Waals surface area contributed by atoms with Crippen LogP contribution < -0.4 is 16.0 Å². The molecule has 0 unspecified atom stereocenters. The summed E-state index contributed by atoms with van der Waals surface area (Å²) in [6.07, 6.45) is 1.64. The minimum atomic E-state index is -0.533. The number of hydrogen-bond acceptors (Lipinski definition) is 7. The lowest BCUT2D eigenvalue weighted by molar-refractivity contribution is -0.114. The Kier molecular flexibility index (Phi) is 11.2. The van der Waals surface area contributed by atoms with E-state index in [2.05, 4.69) is 16.0 Å². The highest BCUT2D eigenvalue weighted by Crippen LogP contribution is 2.36. The molecule has 1 heterocycles. The van der Waals surface area contributed by atoms with Gasteiger partial charge in [0.1, 0.15) is 16.3 Å². The van der Waals surface area contributed by atoms with E-state index in [9.17, 15) is 19.2 Å². The maximum Gasteiger partial charge on any atom is 0.341 e. The first-order chi connectivity index (χ1) is 23.2. The number of thioether (sulfide) groups is 1. The van der Waals surface area contributed by atoms with Crippen molar-refractivity contribution in [2.45, 2.75) is 18.7 Å². The van der Waals surface area contributed by atoms with E-state index in [0.29, 0.717) is 27.4 Å². The van der Waals surface area contributed by atoms with E-state index in [-0.39, 0.29) is 17.4 Å². The number of nitrogens with one attached hydrogen (secondary N) is 3. The molecule has 4 aromatic carbocycles. The SMILES string of the molecule is COC(=O)c1c(-c2ccc(C)cc2)csc1NC(=O)CSc1cccc(NC(=O)/C(=C/c2ccccc2C)NC(=O)c2ccccc2)c1. The average molecular weight is 676 g/mol. The van der Waals surface area contributed by atoms with Crippen LogP contribution in [0.25, 0.3) is 17.2 Å². The number of ether oxygens (including phenoxy) is 1. The number of anilines is 2. The Balaban J connectivity index is 1.27. The van der Waals surface area contributed by atoms with Crippen LogP contribution in [0, 0.1) is 13.8 Å². The molecule has 0 saturated heterocycles. The molecule has 0 radical (unpaired) electrons. The average Bonchev–Trinajstić information content (AvgIpc) is 3.51. The fourth-order valence-corrected chi connectivity index (χ4v) is 6.45. The number of aryl methyl sites for hydroxylation is 2. The van der Waals surface area contributed by atoms with Crippen LogP contribution in [0.5, 0.6) is 0 Å². The first kappa shape index (κ1) is 33.9. The van der Waals surface area contributed by atoms with Crippen molar-refractivity contribution in [1.82, 2.24) is 5.32 Å². The van der Waals surface area contributed by atoms with Gasteiger partial charge < -0.3 is 20.7 Å². The van der Waals surface area contributed by atoms with Crippen LogP contribution in [-0.4, -0.2) is 36.6 Å². The van der Waals surface area contributed by atoms with Gasteiger partial charge in [0.2, 0.25) is 5.91 Å². The Morgan fingerprint density at radius 2 is 1.56 bits per heavy atom. The molecule has 8 nitrogen and oxygen atoms in total. The third kappa shape index (κ3) is 8.67. The first-order valence-electron chi connectivity index (χ1n) is 15.0. The lowest BCUT2D eigenvalue weighted by atomic mass is 10.0. The summed E-state index contributed by atoms with van der Waals surface area (Å²) in [7, 11) is 1.31. The number of carbonyl (C=O) groups is 4. The van der Waals surface area contributed by atoms with E-state index in [1.165, 1.54) is 30.2 Å². The van der Waals surface area contributed by atoms with Crippen LogP contribution in [-0.2, 0) is 14.3 Å². The molecule has 0 fully saturated rings. The van der Waals surface area contributed by atoms with E-state index in [1.807, 2.05) is 79.9 Å². The lowest BCUT2D eigenvalue weighted by Crippen LogP contribution is -2.30. The molecule has 0 aliphatic heterocycles. The minimum Gasteiger partial charge on any atom is -0.465 e. The largest absolute Gasteiger partial charge is 0.465 e. The van der Waals surface area contributed by atoms with Gasteiger partial charge in [-0.05, 0) is 66.9 Å². The molecule has 0 aliphatic carbocycles. The molecule has 10 heteroatoms. The van der Waals surface area contributed by atoms with E-state index < -0.39 is 17.8 Å². The Bertz CT molecular complexity index is 1990. The summed E-state index contributed by atoms with van der Waals surface area (Å²) in [4.78, 5) is 53.0. The Labute approximate surface area is 287 Å². The predicted molar refractivity (Wildman–Crippen MR) is 193 cm³/mol. The highest BCUT2D eigenvalue weighted by Gasteiger charge is 2.22. The summed E-state index contributed by atoms with van der Waals surface area (Å²) < 4.78 is 5.03. The highest BCUT2D eigenvalue weighted by molar-refractivity contribution is 8.00. The van der Waals surface area contributed by atoms with Crippen LogP contribution in [0.1, 0.15) is 37.4 Å².